The maximum Gasteiger partial charge on any atom is 0.335 e. The fraction of sp³-hybridized carbons (Fsp3) is 0.167. The minimum Gasteiger partial charge on any atom is -0.478 e. The monoisotopic (exact) mass is 373 g/mol. The van der Waals surface area contributed by atoms with Crippen LogP contribution in [0.4, 0.5) is 0 Å². The average Bonchev–Trinajstić information content (AvgIpc) is 2.92. The van der Waals surface area contributed by atoms with Crippen LogP contribution in [0.15, 0.2) is 34.0 Å². The number of sulfonamides is 1. The molecule has 0 saturated heterocycles. The van der Waals surface area contributed by atoms with Crippen LogP contribution >= 0.6 is 15.9 Å². The maximum atomic E-state index is 12.3. The predicted octanol–water partition coefficient (Wildman–Crippen LogP) is 1.66. The first-order valence-electron chi connectivity index (χ1n) is 5.81. The molecule has 0 aliphatic rings. The van der Waals surface area contributed by atoms with Crippen molar-refractivity contribution in [1.82, 2.24) is 14.7 Å². The Hall–Kier alpha value is -1.71. The number of nitrogens with one attached hydrogen (secondary N) is 2. The standard InChI is InChI=1S/C12H12BrN3O4S/c1-7-2-8(12(17)18)3-10(11(7)13)21(19,20)16-5-9-4-14-6-15-9/h2-4,6,16H,5H2,1H3,(H,14,15)(H,17,18). The van der Waals surface area contributed by atoms with Crippen LogP contribution in [-0.4, -0.2) is 29.5 Å². The number of aryl methyl sites for hydroxylation is 1. The fourth-order valence-electron chi connectivity index (χ4n) is 1.69. The molecule has 7 nitrogen and oxygen atoms in total. The van der Waals surface area contributed by atoms with Crippen molar-refractivity contribution < 1.29 is 18.3 Å². The van der Waals surface area contributed by atoms with Gasteiger partial charge in [-0.3, -0.25) is 0 Å². The van der Waals surface area contributed by atoms with Crippen molar-refractivity contribution in [2.24, 2.45) is 0 Å². The van der Waals surface area contributed by atoms with E-state index in [1.807, 2.05) is 0 Å². The molecular weight excluding hydrogens is 362 g/mol. The molecule has 0 atom stereocenters. The minimum atomic E-state index is -3.85. The normalized spacial score (nSPS) is 11.5. The molecule has 1 aromatic carbocycles. The van der Waals surface area contributed by atoms with Crippen molar-refractivity contribution in [3.63, 3.8) is 0 Å². The van der Waals surface area contributed by atoms with Gasteiger partial charge in [0.2, 0.25) is 10.0 Å². The Labute approximate surface area is 129 Å². The first-order valence-corrected chi connectivity index (χ1v) is 8.09. The zero-order chi connectivity index (χ0) is 15.6. The van der Waals surface area contributed by atoms with E-state index < -0.39 is 16.0 Å². The van der Waals surface area contributed by atoms with E-state index in [1.54, 1.807) is 6.92 Å². The summed E-state index contributed by atoms with van der Waals surface area (Å²) in [6.07, 6.45) is 2.94. The zero-order valence-corrected chi connectivity index (χ0v) is 13.3. The molecule has 2 aromatic rings. The van der Waals surface area contributed by atoms with Crippen molar-refractivity contribution >= 4 is 31.9 Å². The lowest BCUT2D eigenvalue weighted by Gasteiger charge is -2.11. The average molecular weight is 374 g/mol. The van der Waals surface area contributed by atoms with E-state index in [0.717, 1.165) is 6.07 Å². The van der Waals surface area contributed by atoms with Gasteiger partial charge >= 0.3 is 5.97 Å². The molecular formula is C12H12BrN3O4S. The van der Waals surface area contributed by atoms with Gasteiger partial charge in [-0.05, 0) is 40.5 Å². The number of carboxylic acids is 1. The molecule has 0 bridgehead atoms. The Morgan fingerprint density at radius 2 is 2.19 bits per heavy atom. The molecule has 0 fully saturated rings. The summed E-state index contributed by atoms with van der Waals surface area (Å²) in [6.45, 7) is 1.66. The number of aromatic amines is 1. The third-order valence-corrected chi connectivity index (χ3v) is 5.51. The van der Waals surface area contributed by atoms with Gasteiger partial charge in [0.1, 0.15) is 0 Å². The number of aromatic carboxylic acids is 1. The number of rotatable bonds is 5. The number of hydrogen-bond donors (Lipinski definition) is 3. The van der Waals surface area contributed by atoms with Crippen molar-refractivity contribution in [1.29, 1.82) is 0 Å². The van der Waals surface area contributed by atoms with E-state index in [1.165, 1.54) is 18.6 Å². The zero-order valence-electron chi connectivity index (χ0n) is 10.9. The molecule has 2 rings (SSSR count). The van der Waals surface area contributed by atoms with Crippen molar-refractivity contribution in [3.8, 4) is 0 Å². The summed E-state index contributed by atoms with van der Waals surface area (Å²) < 4.78 is 27.3. The molecule has 112 valence electrons. The first-order chi connectivity index (χ1) is 9.81. The van der Waals surface area contributed by atoms with Gasteiger partial charge in [-0.15, -0.1) is 0 Å². The number of hydrogen-bond acceptors (Lipinski definition) is 4. The van der Waals surface area contributed by atoms with Crippen molar-refractivity contribution in [3.05, 3.63) is 46.0 Å². The Morgan fingerprint density at radius 1 is 1.48 bits per heavy atom. The van der Waals surface area contributed by atoms with Crippen LogP contribution in [0.1, 0.15) is 21.6 Å². The highest BCUT2D eigenvalue weighted by Crippen LogP contribution is 2.27. The Morgan fingerprint density at radius 3 is 2.76 bits per heavy atom. The van der Waals surface area contributed by atoms with E-state index >= 15 is 0 Å². The van der Waals surface area contributed by atoms with Crippen LogP contribution in [0.25, 0.3) is 0 Å². The molecule has 0 spiro atoms. The van der Waals surface area contributed by atoms with E-state index in [0.29, 0.717) is 15.7 Å². The molecule has 1 heterocycles. The Kier molecular flexibility index (Phi) is 4.45. The lowest BCUT2D eigenvalue weighted by atomic mass is 10.1. The van der Waals surface area contributed by atoms with Gasteiger partial charge in [0.05, 0.1) is 23.3 Å². The number of carboxylic acid groups (broad SMARTS) is 1. The molecule has 3 N–H and O–H groups in total. The van der Waals surface area contributed by atoms with Gasteiger partial charge < -0.3 is 10.1 Å². The molecule has 0 aliphatic carbocycles. The third kappa shape index (κ3) is 3.49. The summed E-state index contributed by atoms with van der Waals surface area (Å²) in [5.41, 5.74) is 1.04. The minimum absolute atomic E-state index is 0.0329. The smallest absolute Gasteiger partial charge is 0.335 e. The predicted molar refractivity (Wildman–Crippen MR) is 78.5 cm³/mol. The number of nitrogens with zero attached hydrogens (tertiary/aromatic N) is 1. The molecule has 0 radical (unpaired) electrons. The van der Waals surface area contributed by atoms with Gasteiger partial charge in [0.15, 0.2) is 0 Å². The number of H-pyrrole nitrogens is 1. The summed E-state index contributed by atoms with van der Waals surface area (Å²) >= 11 is 3.19. The molecule has 0 amide bonds. The summed E-state index contributed by atoms with van der Waals surface area (Å²) in [6, 6.07) is 2.52. The molecule has 0 unspecified atom stereocenters. The van der Waals surface area contributed by atoms with E-state index in [4.69, 9.17) is 5.11 Å². The Balaban J connectivity index is 2.37. The summed E-state index contributed by atoms with van der Waals surface area (Å²) in [5.74, 6) is -1.18. The van der Waals surface area contributed by atoms with Gasteiger partial charge in [0, 0.05) is 16.4 Å². The number of halogens is 1. The van der Waals surface area contributed by atoms with E-state index in [9.17, 15) is 13.2 Å². The highest BCUT2D eigenvalue weighted by Gasteiger charge is 2.21. The van der Waals surface area contributed by atoms with Gasteiger partial charge in [-0.25, -0.2) is 22.9 Å². The molecule has 0 aliphatic heterocycles. The number of benzene rings is 1. The first kappa shape index (κ1) is 15.7. The third-order valence-electron chi connectivity index (χ3n) is 2.77. The van der Waals surface area contributed by atoms with E-state index in [2.05, 4.69) is 30.6 Å². The summed E-state index contributed by atoms with van der Waals surface area (Å²) in [7, 11) is -3.85. The second kappa shape index (κ2) is 5.96. The molecule has 1 aromatic heterocycles. The number of aromatic nitrogens is 2. The quantitative estimate of drug-likeness (QED) is 0.737. The van der Waals surface area contributed by atoms with Crippen molar-refractivity contribution in [2.45, 2.75) is 18.4 Å². The van der Waals surface area contributed by atoms with Crippen LogP contribution in [0, 0.1) is 6.92 Å². The van der Waals surface area contributed by atoms with Crippen LogP contribution in [0.2, 0.25) is 0 Å². The Bertz CT molecular complexity index is 772. The van der Waals surface area contributed by atoms with Gasteiger partial charge in [0.25, 0.3) is 0 Å². The summed E-state index contributed by atoms with van der Waals surface area (Å²) in [5, 5.41) is 9.03. The van der Waals surface area contributed by atoms with Crippen LogP contribution in [0.3, 0.4) is 0 Å². The second-order valence-corrected chi connectivity index (χ2v) is 6.84. The lowest BCUT2D eigenvalue weighted by Crippen LogP contribution is -2.24. The topological polar surface area (TPSA) is 112 Å². The molecule has 9 heteroatoms. The van der Waals surface area contributed by atoms with Crippen LogP contribution in [-0.2, 0) is 16.6 Å². The van der Waals surface area contributed by atoms with Crippen LogP contribution in [0.5, 0.6) is 0 Å². The van der Waals surface area contributed by atoms with Gasteiger partial charge in [-0.2, -0.15) is 0 Å². The fourth-order valence-corrected chi connectivity index (χ4v) is 3.74. The van der Waals surface area contributed by atoms with E-state index in [-0.39, 0.29) is 17.0 Å². The molecule has 21 heavy (non-hydrogen) atoms. The maximum absolute atomic E-state index is 12.3. The SMILES string of the molecule is Cc1cc(C(=O)O)cc(S(=O)(=O)NCc2cnc[nH]2)c1Br. The lowest BCUT2D eigenvalue weighted by molar-refractivity contribution is 0.0696. The molecule has 0 saturated carbocycles. The largest absolute Gasteiger partial charge is 0.478 e. The second-order valence-electron chi connectivity index (χ2n) is 4.31. The van der Waals surface area contributed by atoms with Crippen LogP contribution < -0.4 is 4.72 Å². The highest BCUT2D eigenvalue weighted by molar-refractivity contribution is 9.10. The van der Waals surface area contributed by atoms with Crippen molar-refractivity contribution in [2.75, 3.05) is 0 Å². The number of carbonyl (C=O) groups is 1. The van der Waals surface area contributed by atoms with Gasteiger partial charge in [-0.1, -0.05) is 0 Å². The summed E-state index contributed by atoms with van der Waals surface area (Å²) in [4.78, 5) is 17.5. The number of imidazole rings is 1. The highest BCUT2D eigenvalue weighted by atomic mass is 79.9.